The Labute approximate surface area is 189 Å². The largest absolute Gasteiger partial charge is 0.497 e. The van der Waals surface area contributed by atoms with Crippen LogP contribution in [0.2, 0.25) is 0 Å². The van der Waals surface area contributed by atoms with E-state index >= 15 is 0 Å². The van der Waals surface area contributed by atoms with E-state index in [1.807, 2.05) is 53.4 Å². The first-order valence-electron chi connectivity index (χ1n) is 10.9. The molecule has 3 aromatic rings. The Morgan fingerprint density at radius 2 is 1.56 bits per heavy atom. The molecule has 5 nitrogen and oxygen atoms in total. The van der Waals surface area contributed by atoms with Crippen LogP contribution in [0.1, 0.15) is 33.8 Å². The first-order chi connectivity index (χ1) is 15.6. The lowest BCUT2D eigenvalue weighted by Gasteiger charge is -2.37. The fourth-order valence-electron chi connectivity index (χ4n) is 4.27. The topological polar surface area (TPSA) is 58.6 Å². The molecule has 164 valence electrons. The molecule has 1 N–H and O–H groups in total. The molecule has 3 aromatic carbocycles. The summed E-state index contributed by atoms with van der Waals surface area (Å²) in [6.45, 7) is 1.49. The summed E-state index contributed by atoms with van der Waals surface area (Å²) in [4.78, 5) is 28.2. The highest BCUT2D eigenvalue weighted by Gasteiger charge is 2.34. The fourth-order valence-corrected chi connectivity index (χ4v) is 4.27. The van der Waals surface area contributed by atoms with Gasteiger partial charge < -0.3 is 15.0 Å². The van der Waals surface area contributed by atoms with Gasteiger partial charge in [-0.25, -0.2) is 0 Å². The number of nitrogens with one attached hydrogen (secondary N) is 1. The first kappa shape index (κ1) is 21.6. The summed E-state index contributed by atoms with van der Waals surface area (Å²) in [7, 11) is 1.60. The summed E-state index contributed by atoms with van der Waals surface area (Å²) in [6, 6.07) is 27.1. The van der Waals surface area contributed by atoms with Crippen LogP contribution in [-0.2, 0) is 11.3 Å². The molecule has 1 aliphatic heterocycles. The van der Waals surface area contributed by atoms with Crippen LogP contribution in [0.15, 0.2) is 84.9 Å². The van der Waals surface area contributed by atoms with Crippen LogP contribution < -0.4 is 10.1 Å². The summed E-state index contributed by atoms with van der Waals surface area (Å²) < 4.78 is 5.20. The average Bonchev–Trinajstić information content (AvgIpc) is 2.87. The molecule has 32 heavy (non-hydrogen) atoms. The Hall–Kier alpha value is -3.60. The SMILES string of the molecule is COc1ccc(C(=O)N2C[C@@H](C(=O)NCc3ccccc3)C[C@H](c3ccccc3)C2)cc1. The standard InChI is InChI=1S/C27H28N2O3/c1-32-25-14-12-22(13-15-25)27(31)29-18-23(21-10-6-3-7-11-21)16-24(19-29)26(30)28-17-20-8-4-2-5-9-20/h2-15,23-24H,16-19H2,1H3,(H,28,30)/t23-,24-/m0/s1. The van der Waals surface area contributed by atoms with E-state index in [9.17, 15) is 9.59 Å². The zero-order chi connectivity index (χ0) is 22.3. The second kappa shape index (κ2) is 10.1. The number of likely N-dealkylation sites (tertiary alicyclic amines) is 1. The van der Waals surface area contributed by atoms with Crippen molar-refractivity contribution in [3.8, 4) is 5.75 Å². The maximum Gasteiger partial charge on any atom is 0.253 e. The maximum absolute atomic E-state index is 13.3. The van der Waals surface area contributed by atoms with Gasteiger partial charge >= 0.3 is 0 Å². The van der Waals surface area contributed by atoms with E-state index in [1.54, 1.807) is 31.4 Å². The predicted molar refractivity (Wildman–Crippen MR) is 124 cm³/mol. The lowest BCUT2D eigenvalue weighted by molar-refractivity contribution is -0.126. The molecule has 2 atom stereocenters. The van der Waals surface area contributed by atoms with Gasteiger partial charge in [0.25, 0.3) is 5.91 Å². The number of carbonyl (C=O) groups is 2. The van der Waals surface area contributed by atoms with Crippen molar-refractivity contribution < 1.29 is 14.3 Å². The van der Waals surface area contributed by atoms with Crippen LogP contribution in [0.5, 0.6) is 5.75 Å². The average molecular weight is 429 g/mol. The normalized spacial score (nSPS) is 18.1. The molecule has 0 radical (unpaired) electrons. The number of amides is 2. The third-order valence-electron chi connectivity index (χ3n) is 6.03. The molecular formula is C27H28N2O3. The Morgan fingerprint density at radius 3 is 2.22 bits per heavy atom. The quantitative estimate of drug-likeness (QED) is 0.638. The monoisotopic (exact) mass is 428 g/mol. The van der Waals surface area contributed by atoms with Gasteiger partial charge in [-0.05, 0) is 41.8 Å². The van der Waals surface area contributed by atoms with Gasteiger partial charge in [0.1, 0.15) is 5.75 Å². The van der Waals surface area contributed by atoms with Crippen molar-refractivity contribution in [2.45, 2.75) is 18.9 Å². The smallest absolute Gasteiger partial charge is 0.253 e. The van der Waals surface area contributed by atoms with Gasteiger partial charge in [-0.15, -0.1) is 0 Å². The molecule has 0 bridgehead atoms. The summed E-state index contributed by atoms with van der Waals surface area (Å²) >= 11 is 0. The number of ether oxygens (including phenoxy) is 1. The predicted octanol–water partition coefficient (Wildman–Crippen LogP) is 4.26. The van der Waals surface area contributed by atoms with Crippen LogP contribution in [-0.4, -0.2) is 36.9 Å². The van der Waals surface area contributed by atoms with E-state index < -0.39 is 0 Å². The molecule has 1 fully saturated rings. The maximum atomic E-state index is 13.3. The Morgan fingerprint density at radius 1 is 0.906 bits per heavy atom. The summed E-state index contributed by atoms with van der Waals surface area (Å²) in [5.41, 5.74) is 2.81. The van der Waals surface area contributed by atoms with Crippen molar-refractivity contribution >= 4 is 11.8 Å². The Bertz CT molecular complexity index is 1040. The van der Waals surface area contributed by atoms with Gasteiger partial charge in [0.15, 0.2) is 0 Å². The van der Waals surface area contributed by atoms with E-state index in [4.69, 9.17) is 4.74 Å². The Kier molecular flexibility index (Phi) is 6.85. The molecular weight excluding hydrogens is 400 g/mol. The molecule has 5 heteroatoms. The van der Waals surface area contributed by atoms with E-state index in [1.165, 1.54) is 0 Å². The van der Waals surface area contributed by atoms with Crippen LogP contribution in [0.25, 0.3) is 0 Å². The van der Waals surface area contributed by atoms with Crippen LogP contribution in [0.4, 0.5) is 0 Å². The number of hydrogen-bond donors (Lipinski definition) is 1. The summed E-state index contributed by atoms with van der Waals surface area (Å²) in [6.07, 6.45) is 0.719. The van der Waals surface area contributed by atoms with Gasteiger partial charge in [0, 0.05) is 31.1 Å². The van der Waals surface area contributed by atoms with E-state index in [2.05, 4.69) is 17.4 Å². The van der Waals surface area contributed by atoms with Gasteiger partial charge in [0.05, 0.1) is 13.0 Å². The molecule has 0 aromatic heterocycles. The lowest BCUT2D eigenvalue weighted by Crippen LogP contribution is -2.48. The number of piperidine rings is 1. The number of nitrogens with zero attached hydrogens (tertiary/aromatic N) is 1. The van der Waals surface area contributed by atoms with Crippen molar-refractivity contribution in [3.63, 3.8) is 0 Å². The molecule has 0 spiro atoms. The van der Waals surface area contributed by atoms with Crippen molar-refractivity contribution in [2.24, 2.45) is 5.92 Å². The highest BCUT2D eigenvalue weighted by molar-refractivity contribution is 5.95. The van der Waals surface area contributed by atoms with Crippen LogP contribution in [0, 0.1) is 5.92 Å². The van der Waals surface area contributed by atoms with Crippen molar-refractivity contribution in [3.05, 3.63) is 102 Å². The van der Waals surface area contributed by atoms with Crippen molar-refractivity contribution in [1.29, 1.82) is 0 Å². The van der Waals surface area contributed by atoms with E-state index in [0.29, 0.717) is 30.9 Å². The molecule has 4 rings (SSSR count). The molecule has 0 saturated carbocycles. The summed E-state index contributed by atoms with van der Waals surface area (Å²) in [5, 5.41) is 3.06. The molecule has 1 heterocycles. The molecule has 0 aliphatic carbocycles. The van der Waals surface area contributed by atoms with Crippen molar-refractivity contribution in [2.75, 3.05) is 20.2 Å². The third kappa shape index (κ3) is 5.17. The highest BCUT2D eigenvalue weighted by Crippen LogP contribution is 2.31. The highest BCUT2D eigenvalue weighted by atomic mass is 16.5. The number of rotatable bonds is 6. The van der Waals surface area contributed by atoms with Gasteiger partial charge in [-0.2, -0.15) is 0 Å². The lowest BCUT2D eigenvalue weighted by atomic mass is 9.83. The zero-order valence-electron chi connectivity index (χ0n) is 18.2. The minimum Gasteiger partial charge on any atom is -0.497 e. The first-order valence-corrected chi connectivity index (χ1v) is 10.9. The number of hydrogen-bond acceptors (Lipinski definition) is 3. The molecule has 2 amide bonds. The molecule has 0 unspecified atom stereocenters. The molecule has 1 saturated heterocycles. The van der Waals surface area contributed by atoms with Crippen LogP contribution in [0.3, 0.4) is 0 Å². The minimum absolute atomic E-state index is 0.0120. The van der Waals surface area contributed by atoms with Crippen molar-refractivity contribution in [1.82, 2.24) is 10.2 Å². The minimum atomic E-state index is -0.264. The second-order valence-electron chi connectivity index (χ2n) is 8.18. The number of benzene rings is 3. The van der Waals surface area contributed by atoms with Gasteiger partial charge in [-0.1, -0.05) is 60.7 Å². The number of methoxy groups -OCH3 is 1. The fraction of sp³-hybridized carbons (Fsp3) is 0.259. The second-order valence-corrected chi connectivity index (χ2v) is 8.18. The van der Waals surface area contributed by atoms with E-state index in [0.717, 1.165) is 17.5 Å². The number of carbonyl (C=O) groups excluding carboxylic acids is 2. The third-order valence-corrected chi connectivity index (χ3v) is 6.03. The Balaban J connectivity index is 1.51. The zero-order valence-corrected chi connectivity index (χ0v) is 18.2. The van der Waals surface area contributed by atoms with Gasteiger partial charge in [-0.3, -0.25) is 9.59 Å². The summed E-state index contributed by atoms with van der Waals surface area (Å²) in [5.74, 6) is 0.483. The molecule has 1 aliphatic rings. The van der Waals surface area contributed by atoms with Gasteiger partial charge in [0.2, 0.25) is 5.91 Å². The van der Waals surface area contributed by atoms with Crippen LogP contribution >= 0.6 is 0 Å². The van der Waals surface area contributed by atoms with E-state index in [-0.39, 0.29) is 23.7 Å².